The van der Waals surface area contributed by atoms with Crippen LogP contribution in [0.3, 0.4) is 0 Å². The van der Waals surface area contributed by atoms with Crippen LogP contribution in [0.15, 0.2) is 18.2 Å². The van der Waals surface area contributed by atoms with Crippen molar-refractivity contribution >= 4 is 17.5 Å². The van der Waals surface area contributed by atoms with Crippen molar-refractivity contribution in [1.29, 1.82) is 0 Å². The highest BCUT2D eigenvalue weighted by Gasteiger charge is 2.28. The number of fused-ring (bicyclic) bond motifs is 1. The molecule has 1 aromatic rings. The van der Waals surface area contributed by atoms with E-state index in [0.29, 0.717) is 13.1 Å². The third-order valence-corrected chi connectivity index (χ3v) is 2.77. The molecule has 104 valence electrons. The van der Waals surface area contributed by atoms with Crippen LogP contribution < -0.4 is 15.0 Å². The van der Waals surface area contributed by atoms with Crippen molar-refractivity contribution in [1.82, 2.24) is 0 Å². The lowest BCUT2D eigenvalue weighted by molar-refractivity contribution is 0.0581. The second kappa shape index (κ2) is 4.99. The fourth-order valence-electron chi connectivity index (χ4n) is 2.01. The zero-order valence-corrected chi connectivity index (χ0v) is 11.8. The molecule has 1 amide bonds. The van der Waals surface area contributed by atoms with Gasteiger partial charge in [-0.1, -0.05) is 6.07 Å². The van der Waals surface area contributed by atoms with E-state index in [2.05, 4.69) is 5.32 Å². The third-order valence-electron chi connectivity index (χ3n) is 2.77. The summed E-state index contributed by atoms with van der Waals surface area (Å²) in [7, 11) is 1.61. The predicted molar refractivity (Wildman–Crippen MR) is 75.1 cm³/mol. The van der Waals surface area contributed by atoms with E-state index < -0.39 is 5.60 Å². The Kier molecular flexibility index (Phi) is 3.55. The molecule has 0 aliphatic carbocycles. The number of anilines is 2. The molecule has 0 bridgehead atoms. The summed E-state index contributed by atoms with van der Waals surface area (Å²) in [5.74, 6) is 0.728. The summed E-state index contributed by atoms with van der Waals surface area (Å²) in [5, 5.41) is 3.26. The van der Waals surface area contributed by atoms with Gasteiger partial charge in [0.15, 0.2) is 0 Å². The molecular formula is C14H20N2O3. The number of methoxy groups -OCH3 is 1. The number of rotatable bonds is 1. The molecule has 2 rings (SSSR count). The van der Waals surface area contributed by atoms with Crippen molar-refractivity contribution in [2.45, 2.75) is 26.4 Å². The summed E-state index contributed by atoms with van der Waals surface area (Å²) in [5.41, 5.74) is 1.13. The fourth-order valence-corrected chi connectivity index (χ4v) is 2.01. The second-order valence-corrected chi connectivity index (χ2v) is 5.41. The van der Waals surface area contributed by atoms with Crippen molar-refractivity contribution in [3.8, 4) is 5.75 Å². The number of benzene rings is 1. The Hall–Kier alpha value is -1.91. The molecule has 5 heteroatoms. The fraction of sp³-hybridized carbons (Fsp3) is 0.500. The van der Waals surface area contributed by atoms with Crippen molar-refractivity contribution in [3.63, 3.8) is 0 Å². The maximum absolute atomic E-state index is 12.2. The Morgan fingerprint density at radius 3 is 2.74 bits per heavy atom. The molecule has 1 aliphatic heterocycles. The summed E-state index contributed by atoms with van der Waals surface area (Å²) in [4.78, 5) is 13.8. The number of nitrogens with zero attached hydrogens (tertiary/aromatic N) is 1. The van der Waals surface area contributed by atoms with Gasteiger partial charge in [-0.2, -0.15) is 0 Å². The molecule has 0 atom stereocenters. The number of para-hydroxylation sites is 1. The maximum Gasteiger partial charge on any atom is 0.414 e. The molecule has 0 aromatic heterocycles. The Labute approximate surface area is 113 Å². The van der Waals surface area contributed by atoms with Gasteiger partial charge < -0.3 is 14.8 Å². The predicted octanol–water partition coefficient (Wildman–Crippen LogP) is 2.86. The van der Waals surface area contributed by atoms with Crippen LogP contribution in [0.5, 0.6) is 5.75 Å². The Balaban J connectivity index is 2.30. The zero-order valence-electron chi connectivity index (χ0n) is 11.8. The van der Waals surface area contributed by atoms with Gasteiger partial charge in [0, 0.05) is 13.1 Å². The topological polar surface area (TPSA) is 50.8 Å². The van der Waals surface area contributed by atoms with E-state index in [1.807, 2.05) is 39.0 Å². The minimum absolute atomic E-state index is 0.330. The minimum Gasteiger partial charge on any atom is -0.495 e. The number of hydrogen-bond donors (Lipinski definition) is 1. The molecule has 0 radical (unpaired) electrons. The van der Waals surface area contributed by atoms with Crippen molar-refractivity contribution in [3.05, 3.63) is 18.2 Å². The molecule has 0 saturated carbocycles. The van der Waals surface area contributed by atoms with Crippen molar-refractivity contribution in [2.75, 3.05) is 30.4 Å². The SMILES string of the molecule is COc1cccc2c1NCCN2C(=O)OC(C)(C)C. The smallest absolute Gasteiger partial charge is 0.414 e. The molecule has 5 nitrogen and oxygen atoms in total. The van der Waals surface area contributed by atoms with Crippen LogP contribution in [-0.2, 0) is 4.74 Å². The molecular weight excluding hydrogens is 244 g/mol. The van der Waals surface area contributed by atoms with Gasteiger partial charge in [-0.15, -0.1) is 0 Å². The first-order valence-electron chi connectivity index (χ1n) is 6.34. The van der Waals surface area contributed by atoms with Crippen LogP contribution >= 0.6 is 0 Å². The van der Waals surface area contributed by atoms with E-state index >= 15 is 0 Å². The van der Waals surface area contributed by atoms with Crippen LogP contribution in [0, 0.1) is 0 Å². The standard InChI is InChI=1S/C14H20N2O3/c1-14(2,3)19-13(17)16-9-8-15-12-10(16)6-5-7-11(12)18-4/h5-7,15H,8-9H2,1-4H3. The van der Waals surface area contributed by atoms with Crippen LogP contribution in [0.25, 0.3) is 0 Å². The first-order chi connectivity index (χ1) is 8.92. The van der Waals surface area contributed by atoms with Gasteiger partial charge in [0.25, 0.3) is 0 Å². The number of amides is 1. The van der Waals surface area contributed by atoms with Crippen molar-refractivity contribution < 1.29 is 14.3 Å². The highest BCUT2D eigenvalue weighted by atomic mass is 16.6. The van der Waals surface area contributed by atoms with Gasteiger partial charge in [0.05, 0.1) is 12.8 Å². The van der Waals surface area contributed by atoms with Gasteiger partial charge in [-0.25, -0.2) is 4.79 Å². The number of nitrogens with one attached hydrogen (secondary N) is 1. The maximum atomic E-state index is 12.2. The molecule has 0 saturated heterocycles. The quantitative estimate of drug-likeness (QED) is 0.847. The summed E-state index contributed by atoms with van der Waals surface area (Å²) in [6, 6.07) is 5.61. The summed E-state index contributed by atoms with van der Waals surface area (Å²) in [6.45, 7) is 6.83. The van der Waals surface area contributed by atoms with Crippen LogP contribution in [0.2, 0.25) is 0 Å². The highest BCUT2D eigenvalue weighted by molar-refractivity contribution is 5.95. The first kappa shape index (κ1) is 13.5. The lowest BCUT2D eigenvalue weighted by atomic mass is 10.2. The van der Waals surface area contributed by atoms with Gasteiger partial charge >= 0.3 is 6.09 Å². The van der Waals surface area contributed by atoms with Gasteiger partial charge in [-0.05, 0) is 32.9 Å². The number of hydrogen-bond acceptors (Lipinski definition) is 4. The summed E-state index contributed by atoms with van der Waals surface area (Å²) < 4.78 is 10.7. The van der Waals surface area contributed by atoms with E-state index in [4.69, 9.17) is 9.47 Å². The average molecular weight is 264 g/mol. The van der Waals surface area contributed by atoms with Gasteiger partial charge in [0.1, 0.15) is 17.0 Å². The van der Waals surface area contributed by atoms with E-state index in [-0.39, 0.29) is 6.09 Å². The first-order valence-corrected chi connectivity index (χ1v) is 6.34. The Morgan fingerprint density at radius 2 is 2.11 bits per heavy atom. The van der Waals surface area contributed by atoms with Crippen molar-refractivity contribution in [2.24, 2.45) is 0 Å². The number of ether oxygens (including phenoxy) is 2. The van der Waals surface area contributed by atoms with Crippen LogP contribution in [-0.4, -0.2) is 31.9 Å². The second-order valence-electron chi connectivity index (χ2n) is 5.41. The zero-order chi connectivity index (χ0) is 14.0. The van der Waals surface area contributed by atoms with Gasteiger partial charge in [0.2, 0.25) is 0 Å². The largest absolute Gasteiger partial charge is 0.495 e. The molecule has 0 fully saturated rings. The molecule has 1 aliphatic rings. The molecule has 1 N–H and O–H groups in total. The number of carbonyl (C=O) groups is 1. The molecule has 0 unspecified atom stereocenters. The summed E-state index contributed by atoms with van der Waals surface area (Å²) >= 11 is 0. The van der Waals surface area contributed by atoms with Crippen LogP contribution in [0.4, 0.5) is 16.2 Å². The van der Waals surface area contributed by atoms with Crippen LogP contribution in [0.1, 0.15) is 20.8 Å². The lowest BCUT2D eigenvalue weighted by Crippen LogP contribution is -2.42. The molecule has 0 spiro atoms. The van der Waals surface area contributed by atoms with E-state index in [0.717, 1.165) is 17.1 Å². The van der Waals surface area contributed by atoms with E-state index in [9.17, 15) is 4.79 Å². The average Bonchev–Trinajstić information content (AvgIpc) is 2.35. The molecule has 1 heterocycles. The van der Waals surface area contributed by atoms with Gasteiger partial charge in [-0.3, -0.25) is 4.90 Å². The minimum atomic E-state index is -0.499. The van der Waals surface area contributed by atoms with E-state index in [1.165, 1.54) is 0 Å². The summed E-state index contributed by atoms with van der Waals surface area (Å²) in [6.07, 6.45) is -0.330. The monoisotopic (exact) mass is 264 g/mol. The number of carbonyl (C=O) groups excluding carboxylic acids is 1. The highest BCUT2D eigenvalue weighted by Crippen LogP contribution is 2.37. The molecule has 1 aromatic carbocycles. The van der Waals surface area contributed by atoms with E-state index in [1.54, 1.807) is 12.0 Å². The Morgan fingerprint density at radius 1 is 1.37 bits per heavy atom. The normalized spacial score (nSPS) is 14.4. The third kappa shape index (κ3) is 2.92. The lowest BCUT2D eigenvalue weighted by Gasteiger charge is -2.32. The Bertz CT molecular complexity index is 480. The molecule has 19 heavy (non-hydrogen) atoms.